The maximum Gasteiger partial charge on any atom is 0.242 e. The van der Waals surface area contributed by atoms with E-state index in [0.29, 0.717) is 16.6 Å². The Morgan fingerprint density at radius 1 is 1.08 bits per heavy atom. The van der Waals surface area contributed by atoms with Crippen molar-refractivity contribution in [3.8, 4) is 0 Å². The number of aryl methyl sites for hydroxylation is 2. The van der Waals surface area contributed by atoms with E-state index in [-0.39, 0.29) is 5.91 Å². The van der Waals surface area contributed by atoms with Crippen molar-refractivity contribution in [2.45, 2.75) is 25.7 Å². The fourth-order valence-corrected chi connectivity index (χ4v) is 3.18. The molecule has 0 saturated heterocycles. The van der Waals surface area contributed by atoms with E-state index in [0.717, 1.165) is 24.1 Å². The number of rotatable bonds is 3. The molecule has 0 heterocycles. The fourth-order valence-electron chi connectivity index (χ4n) is 2.82. The van der Waals surface area contributed by atoms with E-state index in [1.54, 1.807) is 12.1 Å². The van der Waals surface area contributed by atoms with Crippen LogP contribution >= 0.6 is 23.8 Å². The number of amides is 1. The topological polar surface area (TPSA) is 53.2 Å². The van der Waals surface area contributed by atoms with Crippen LogP contribution in [0.25, 0.3) is 0 Å². The van der Waals surface area contributed by atoms with E-state index in [9.17, 15) is 4.79 Å². The summed E-state index contributed by atoms with van der Waals surface area (Å²) in [7, 11) is 0. The van der Waals surface area contributed by atoms with Gasteiger partial charge in [0.2, 0.25) is 5.91 Å². The molecule has 0 spiro atoms. The number of benzene rings is 2. The van der Waals surface area contributed by atoms with Gasteiger partial charge in [0.25, 0.3) is 0 Å². The minimum atomic E-state index is -0.136. The summed E-state index contributed by atoms with van der Waals surface area (Å²) < 4.78 is 0. The second-order valence-corrected chi connectivity index (χ2v) is 6.62. The minimum absolute atomic E-state index is 0.136. The Bertz CT molecular complexity index is 779. The van der Waals surface area contributed by atoms with Crippen molar-refractivity contribution in [2.24, 2.45) is 0 Å². The smallest absolute Gasteiger partial charge is 0.242 e. The molecule has 0 atom stereocenters. The zero-order chi connectivity index (χ0) is 16.9. The van der Waals surface area contributed by atoms with Gasteiger partial charge in [-0.15, -0.1) is 0 Å². The summed E-state index contributed by atoms with van der Waals surface area (Å²) in [5.41, 5.74) is 9.86. The molecule has 4 nitrogen and oxygen atoms in total. The third-order valence-electron chi connectivity index (χ3n) is 3.93. The maximum absolute atomic E-state index is 12.0. The van der Waals surface area contributed by atoms with Crippen LogP contribution in [-0.4, -0.2) is 11.0 Å². The number of nitrogens with one attached hydrogen (secondary N) is 3. The van der Waals surface area contributed by atoms with Crippen LogP contribution in [0, 0.1) is 0 Å². The highest BCUT2D eigenvalue weighted by Gasteiger charge is 2.12. The first-order chi connectivity index (χ1) is 11.6. The molecular formula is C18H18ClN3OS. The molecule has 3 N–H and O–H groups in total. The lowest BCUT2D eigenvalue weighted by atomic mass is 10.0. The first kappa shape index (κ1) is 16.7. The second-order valence-electron chi connectivity index (χ2n) is 5.77. The standard InChI is InChI=1S/C18H18ClN3OS/c19-15-5-2-6-16(11-15)20-18(24)22-21-17(23)10-12-7-8-13-3-1-4-14(13)9-12/h2,5-9,11H,1,3-4,10H2,(H,21,23)(H2,20,22,24). The van der Waals surface area contributed by atoms with Gasteiger partial charge in [0.15, 0.2) is 5.11 Å². The van der Waals surface area contributed by atoms with E-state index >= 15 is 0 Å². The third kappa shape index (κ3) is 4.46. The van der Waals surface area contributed by atoms with Crippen LogP contribution in [0.5, 0.6) is 0 Å². The molecule has 0 aliphatic heterocycles. The molecule has 1 aliphatic carbocycles. The number of hydrogen-bond donors (Lipinski definition) is 3. The minimum Gasteiger partial charge on any atom is -0.331 e. The van der Waals surface area contributed by atoms with Gasteiger partial charge in [-0.2, -0.15) is 0 Å². The van der Waals surface area contributed by atoms with Crippen molar-refractivity contribution in [1.82, 2.24) is 10.9 Å². The maximum atomic E-state index is 12.0. The van der Waals surface area contributed by atoms with Gasteiger partial charge in [-0.1, -0.05) is 35.9 Å². The Morgan fingerprint density at radius 2 is 1.92 bits per heavy atom. The van der Waals surface area contributed by atoms with Crippen molar-refractivity contribution < 1.29 is 4.79 Å². The number of carbonyl (C=O) groups excluding carboxylic acids is 1. The van der Waals surface area contributed by atoms with Crippen LogP contribution in [0.4, 0.5) is 5.69 Å². The summed E-state index contributed by atoms with van der Waals surface area (Å²) in [6.45, 7) is 0. The number of carbonyl (C=O) groups is 1. The SMILES string of the molecule is O=C(Cc1ccc2c(c1)CCC2)NNC(=S)Nc1cccc(Cl)c1. The molecule has 0 radical (unpaired) electrons. The molecule has 6 heteroatoms. The first-order valence-electron chi connectivity index (χ1n) is 7.82. The zero-order valence-corrected chi connectivity index (χ0v) is 14.6. The molecule has 1 aliphatic rings. The number of hydrazine groups is 1. The molecule has 24 heavy (non-hydrogen) atoms. The second kappa shape index (κ2) is 7.64. The summed E-state index contributed by atoms with van der Waals surface area (Å²) in [6, 6.07) is 13.5. The Morgan fingerprint density at radius 3 is 2.75 bits per heavy atom. The molecular weight excluding hydrogens is 342 g/mol. The highest BCUT2D eigenvalue weighted by atomic mass is 35.5. The number of thiocarbonyl (C=S) groups is 1. The first-order valence-corrected chi connectivity index (χ1v) is 8.61. The van der Waals surface area contributed by atoms with Crippen LogP contribution in [0.1, 0.15) is 23.1 Å². The quantitative estimate of drug-likeness (QED) is 0.581. The van der Waals surface area contributed by atoms with Gasteiger partial charge in [-0.05, 0) is 66.4 Å². The van der Waals surface area contributed by atoms with E-state index in [4.69, 9.17) is 23.8 Å². The van der Waals surface area contributed by atoms with Crippen LogP contribution in [0.15, 0.2) is 42.5 Å². The highest BCUT2D eigenvalue weighted by molar-refractivity contribution is 7.80. The Hall–Kier alpha value is -2.11. The van der Waals surface area contributed by atoms with Crippen molar-refractivity contribution >= 4 is 40.5 Å². The Balaban J connectivity index is 1.47. The van der Waals surface area contributed by atoms with Crippen molar-refractivity contribution in [2.75, 3.05) is 5.32 Å². The molecule has 0 saturated carbocycles. The average Bonchev–Trinajstić information content (AvgIpc) is 3.00. The summed E-state index contributed by atoms with van der Waals surface area (Å²) in [5, 5.41) is 3.88. The molecule has 0 unspecified atom stereocenters. The van der Waals surface area contributed by atoms with E-state index in [2.05, 4.69) is 28.3 Å². The van der Waals surface area contributed by atoms with Gasteiger partial charge >= 0.3 is 0 Å². The lowest BCUT2D eigenvalue weighted by molar-refractivity contribution is -0.120. The molecule has 124 valence electrons. The van der Waals surface area contributed by atoms with E-state index in [1.165, 1.54) is 17.5 Å². The highest BCUT2D eigenvalue weighted by Crippen LogP contribution is 2.22. The average molecular weight is 360 g/mol. The largest absolute Gasteiger partial charge is 0.331 e. The van der Waals surface area contributed by atoms with E-state index in [1.807, 2.05) is 18.2 Å². The summed E-state index contributed by atoms with van der Waals surface area (Å²) in [4.78, 5) is 12.0. The Kier molecular flexibility index (Phi) is 5.33. The van der Waals surface area contributed by atoms with Crippen molar-refractivity contribution in [3.05, 3.63) is 64.2 Å². The van der Waals surface area contributed by atoms with Crippen molar-refractivity contribution in [1.29, 1.82) is 0 Å². The van der Waals surface area contributed by atoms with E-state index < -0.39 is 0 Å². The predicted octanol–water partition coefficient (Wildman–Crippen LogP) is 3.39. The molecule has 0 fully saturated rings. The lowest BCUT2D eigenvalue weighted by Gasteiger charge is -2.12. The number of anilines is 1. The summed E-state index contributed by atoms with van der Waals surface area (Å²) in [5.74, 6) is -0.136. The normalized spacial score (nSPS) is 12.4. The number of halogens is 1. The predicted molar refractivity (Wildman–Crippen MR) is 101 cm³/mol. The molecule has 0 bridgehead atoms. The molecule has 2 aromatic carbocycles. The lowest BCUT2D eigenvalue weighted by Crippen LogP contribution is -2.44. The summed E-state index contributed by atoms with van der Waals surface area (Å²) >= 11 is 11.1. The molecule has 2 aromatic rings. The van der Waals surface area contributed by atoms with Gasteiger partial charge in [-0.25, -0.2) is 0 Å². The number of fused-ring (bicyclic) bond motifs is 1. The van der Waals surface area contributed by atoms with Gasteiger partial charge in [-0.3, -0.25) is 15.6 Å². The summed E-state index contributed by atoms with van der Waals surface area (Å²) in [6.07, 6.45) is 3.78. The fraction of sp³-hybridized carbons (Fsp3) is 0.222. The zero-order valence-electron chi connectivity index (χ0n) is 13.1. The van der Waals surface area contributed by atoms with Gasteiger partial charge in [0, 0.05) is 10.7 Å². The van der Waals surface area contributed by atoms with Crippen LogP contribution < -0.4 is 16.2 Å². The molecule has 3 rings (SSSR count). The van der Waals surface area contributed by atoms with Gasteiger partial charge in [0.1, 0.15) is 0 Å². The van der Waals surface area contributed by atoms with Crippen LogP contribution in [0.2, 0.25) is 5.02 Å². The van der Waals surface area contributed by atoms with Gasteiger partial charge in [0.05, 0.1) is 6.42 Å². The van der Waals surface area contributed by atoms with Gasteiger partial charge < -0.3 is 5.32 Å². The Labute approximate surface area is 151 Å². The molecule has 1 amide bonds. The third-order valence-corrected chi connectivity index (χ3v) is 4.36. The van der Waals surface area contributed by atoms with Crippen LogP contribution in [-0.2, 0) is 24.1 Å². The van der Waals surface area contributed by atoms with Crippen LogP contribution in [0.3, 0.4) is 0 Å². The molecule has 0 aromatic heterocycles. The van der Waals surface area contributed by atoms with Crippen molar-refractivity contribution in [3.63, 3.8) is 0 Å². The number of hydrogen-bond acceptors (Lipinski definition) is 2. The monoisotopic (exact) mass is 359 g/mol.